The first kappa shape index (κ1) is 17.3. The molecule has 2 aromatic carbocycles. The molecular weight excluding hydrogens is 328 g/mol. The van der Waals surface area contributed by atoms with Crippen LogP contribution in [0.25, 0.3) is 0 Å². The number of nitrogens with zero attached hydrogens (tertiary/aromatic N) is 3. The van der Waals surface area contributed by atoms with Crippen molar-refractivity contribution in [1.29, 1.82) is 0 Å². The predicted octanol–water partition coefficient (Wildman–Crippen LogP) is 3.59. The summed E-state index contributed by atoms with van der Waals surface area (Å²) in [5, 5.41) is 11.1. The zero-order chi connectivity index (χ0) is 17.8. The number of rotatable bonds is 4. The fourth-order valence-corrected chi connectivity index (χ4v) is 3.14. The van der Waals surface area contributed by atoms with Gasteiger partial charge in [0.2, 0.25) is 0 Å². The molecule has 1 saturated heterocycles. The van der Waals surface area contributed by atoms with Crippen LogP contribution in [0.2, 0.25) is 0 Å². The number of halogens is 2. The molecule has 132 valence electrons. The highest BCUT2D eigenvalue weighted by Crippen LogP contribution is 2.23. The predicted molar refractivity (Wildman–Crippen MR) is 91.6 cm³/mol. The lowest BCUT2D eigenvalue weighted by Crippen LogP contribution is -2.30. The Kier molecular flexibility index (Phi) is 5.23. The van der Waals surface area contributed by atoms with Gasteiger partial charge in [-0.15, -0.1) is 0 Å². The molecule has 1 aliphatic heterocycles. The van der Waals surface area contributed by atoms with Gasteiger partial charge in [-0.05, 0) is 42.8 Å². The van der Waals surface area contributed by atoms with Crippen LogP contribution < -0.4 is 4.90 Å². The largest absolute Gasteiger partial charge is 0.370 e. The van der Waals surface area contributed by atoms with Crippen LogP contribution in [0.5, 0.6) is 0 Å². The zero-order valence-electron chi connectivity index (χ0n) is 13.7. The molecule has 3 rings (SSSR count). The van der Waals surface area contributed by atoms with Gasteiger partial charge in [-0.25, -0.2) is 8.78 Å². The summed E-state index contributed by atoms with van der Waals surface area (Å²) in [6.07, 6.45) is 0.875. The summed E-state index contributed by atoms with van der Waals surface area (Å²) in [6.45, 7) is 3.36. The van der Waals surface area contributed by atoms with Crippen LogP contribution in [0.1, 0.15) is 12.0 Å². The molecule has 0 N–H and O–H groups in total. The Morgan fingerprint density at radius 3 is 2.40 bits per heavy atom. The molecule has 0 aliphatic carbocycles. The maximum Gasteiger partial charge on any atom is 0.274 e. The van der Waals surface area contributed by atoms with Gasteiger partial charge in [0.15, 0.2) is 0 Å². The lowest BCUT2D eigenvalue weighted by molar-refractivity contribution is -0.385. The van der Waals surface area contributed by atoms with E-state index in [-0.39, 0.29) is 11.5 Å². The molecule has 0 saturated carbocycles. The third-order valence-electron chi connectivity index (χ3n) is 4.41. The van der Waals surface area contributed by atoms with Gasteiger partial charge in [0, 0.05) is 50.0 Å². The van der Waals surface area contributed by atoms with E-state index in [1.54, 1.807) is 12.1 Å². The maximum atomic E-state index is 13.5. The van der Waals surface area contributed by atoms with E-state index in [1.807, 2.05) is 0 Å². The second-order valence-corrected chi connectivity index (χ2v) is 6.12. The Hall–Kier alpha value is -2.54. The lowest BCUT2D eigenvalue weighted by Gasteiger charge is -2.23. The van der Waals surface area contributed by atoms with Crippen LogP contribution in [0, 0.1) is 21.7 Å². The molecule has 1 aliphatic rings. The minimum Gasteiger partial charge on any atom is -0.370 e. The topological polar surface area (TPSA) is 49.6 Å². The average molecular weight is 347 g/mol. The summed E-state index contributed by atoms with van der Waals surface area (Å²) in [7, 11) is 0. The second kappa shape index (κ2) is 7.57. The van der Waals surface area contributed by atoms with Crippen LogP contribution >= 0.6 is 0 Å². The summed E-state index contributed by atoms with van der Waals surface area (Å²) in [5.41, 5.74) is 1.29. The van der Waals surface area contributed by atoms with E-state index in [2.05, 4.69) is 9.80 Å². The first-order chi connectivity index (χ1) is 12.0. The third kappa shape index (κ3) is 4.30. The Morgan fingerprint density at radius 2 is 1.68 bits per heavy atom. The highest BCUT2D eigenvalue weighted by Gasteiger charge is 2.20. The van der Waals surface area contributed by atoms with Crippen molar-refractivity contribution in [3.8, 4) is 0 Å². The molecule has 7 heteroatoms. The number of hydrogen-bond donors (Lipinski definition) is 0. The van der Waals surface area contributed by atoms with Gasteiger partial charge < -0.3 is 4.90 Å². The van der Waals surface area contributed by atoms with Gasteiger partial charge in [0.1, 0.15) is 11.6 Å². The number of nitro groups is 1. The third-order valence-corrected chi connectivity index (χ3v) is 4.41. The molecule has 25 heavy (non-hydrogen) atoms. The Balaban J connectivity index is 1.69. The molecule has 0 amide bonds. The molecular formula is C18H19F2N3O2. The smallest absolute Gasteiger partial charge is 0.274 e. The summed E-state index contributed by atoms with van der Waals surface area (Å²) in [4.78, 5) is 14.9. The first-order valence-corrected chi connectivity index (χ1v) is 8.18. The minimum atomic E-state index is -0.475. The lowest BCUT2D eigenvalue weighted by atomic mass is 10.1. The molecule has 2 aromatic rings. The van der Waals surface area contributed by atoms with Crippen molar-refractivity contribution >= 4 is 11.4 Å². The number of anilines is 1. The van der Waals surface area contributed by atoms with Crippen molar-refractivity contribution in [3.63, 3.8) is 0 Å². The number of nitro benzene ring substituents is 1. The van der Waals surface area contributed by atoms with E-state index in [0.29, 0.717) is 18.7 Å². The van der Waals surface area contributed by atoms with Crippen LogP contribution in [0.4, 0.5) is 20.2 Å². The molecule has 0 radical (unpaired) electrons. The highest BCUT2D eigenvalue weighted by atomic mass is 19.1. The van der Waals surface area contributed by atoms with Crippen LogP contribution in [-0.2, 0) is 6.54 Å². The zero-order valence-corrected chi connectivity index (χ0v) is 13.7. The highest BCUT2D eigenvalue weighted by molar-refractivity contribution is 5.46. The maximum absolute atomic E-state index is 13.5. The summed E-state index contributed by atoms with van der Waals surface area (Å²) in [6, 6.07) is 9.95. The standard InChI is InChI=1S/C18H19F2N3O2/c19-15-2-5-17(6-3-15)22-9-1-8-21(10-11-22)13-14-12-16(20)4-7-18(14)23(24)25/h2-7,12H,1,8-11,13H2. The van der Waals surface area contributed by atoms with Crippen molar-refractivity contribution in [2.24, 2.45) is 0 Å². The second-order valence-electron chi connectivity index (χ2n) is 6.12. The van der Waals surface area contributed by atoms with E-state index in [4.69, 9.17) is 0 Å². The van der Waals surface area contributed by atoms with Gasteiger partial charge >= 0.3 is 0 Å². The van der Waals surface area contributed by atoms with Gasteiger partial charge in [-0.1, -0.05) is 0 Å². The summed E-state index contributed by atoms with van der Waals surface area (Å²) in [5.74, 6) is -0.734. The van der Waals surface area contributed by atoms with Crippen molar-refractivity contribution in [1.82, 2.24) is 4.90 Å². The van der Waals surface area contributed by atoms with Gasteiger partial charge in [0.05, 0.1) is 4.92 Å². The number of hydrogen-bond acceptors (Lipinski definition) is 4. The molecule has 0 bridgehead atoms. The van der Waals surface area contributed by atoms with Crippen molar-refractivity contribution in [2.75, 3.05) is 31.1 Å². The van der Waals surface area contributed by atoms with Crippen LogP contribution in [0.3, 0.4) is 0 Å². The Labute approximate surface area is 144 Å². The average Bonchev–Trinajstić information content (AvgIpc) is 2.81. The minimum absolute atomic E-state index is 0.0546. The molecule has 0 spiro atoms. The molecule has 0 unspecified atom stereocenters. The quantitative estimate of drug-likeness (QED) is 0.626. The number of benzene rings is 2. The Morgan fingerprint density at radius 1 is 0.960 bits per heavy atom. The van der Waals surface area contributed by atoms with E-state index in [9.17, 15) is 18.9 Å². The normalized spacial score (nSPS) is 15.8. The van der Waals surface area contributed by atoms with E-state index >= 15 is 0 Å². The van der Waals surface area contributed by atoms with Gasteiger partial charge in [-0.2, -0.15) is 0 Å². The monoisotopic (exact) mass is 347 g/mol. The van der Waals surface area contributed by atoms with Gasteiger partial charge in [0.25, 0.3) is 5.69 Å². The molecule has 0 aromatic heterocycles. The van der Waals surface area contributed by atoms with E-state index in [0.717, 1.165) is 37.8 Å². The molecule has 0 atom stereocenters. The first-order valence-electron chi connectivity index (χ1n) is 8.18. The van der Waals surface area contributed by atoms with E-state index in [1.165, 1.54) is 24.3 Å². The van der Waals surface area contributed by atoms with E-state index < -0.39 is 10.7 Å². The molecule has 1 fully saturated rings. The molecule has 1 heterocycles. The fourth-order valence-electron chi connectivity index (χ4n) is 3.14. The Bertz CT molecular complexity index is 752. The van der Waals surface area contributed by atoms with Crippen LogP contribution in [0.15, 0.2) is 42.5 Å². The summed E-state index contributed by atoms with van der Waals surface area (Å²) >= 11 is 0. The fraction of sp³-hybridized carbons (Fsp3) is 0.333. The van der Waals surface area contributed by atoms with Gasteiger partial charge in [-0.3, -0.25) is 15.0 Å². The molecule has 5 nitrogen and oxygen atoms in total. The van der Waals surface area contributed by atoms with Crippen molar-refractivity contribution < 1.29 is 13.7 Å². The summed E-state index contributed by atoms with van der Waals surface area (Å²) < 4.78 is 26.5. The van der Waals surface area contributed by atoms with Crippen molar-refractivity contribution in [3.05, 3.63) is 69.8 Å². The van der Waals surface area contributed by atoms with Crippen LogP contribution in [-0.4, -0.2) is 36.0 Å². The van der Waals surface area contributed by atoms with Crippen molar-refractivity contribution in [2.45, 2.75) is 13.0 Å². The SMILES string of the molecule is O=[N+]([O-])c1ccc(F)cc1CN1CCCN(c2ccc(F)cc2)CC1.